The van der Waals surface area contributed by atoms with Crippen LogP contribution in [0.4, 0.5) is 5.69 Å². The van der Waals surface area contributed by atoms with Gasteiger partial charge in [-0.3, -0.25) is 4.98 Å². The molecule has 21 heavy (non-hydrogen) atoms. The first-order valence-corrected chi connectivity index (χ1v) is 7.57. The number of nitrogens with two attached hydrogens (primary N) is 1. The summed E-state index contributed by atoms with van der Waals surface area (Å²) in [5.41, 5.74) is 7.45. The van der Waals surface area contributed by atoms with Crippen molar-refractivity contribution < 1.29 is 4.74 Å². The predicted molar refractivity (Wildman–Crippen MR) is 90.4 cm³/mol. The summed E-state index contributed by atoms with van der Waals surface area (Å²) in [5.74, 6) is 0.954. The molecule has 3 rings (SSSR count). The highest BCUT2D eigenvalue weighted by Crippen LogP contribution is 2.39. The molecule has 106 valence electrons. The Kier molecular flexibility index (Phi) is 3.93. The number of halogens is 3. The Bertz CT molecular complexity index is 839. The molecule has 0 amide bonds. The SMILES string of the molecule is Nc1c(Oc2cc(Cl)c(Br)cc2Cl)ccc2ncccc12. The van der Waals surface area contributed by atoms with E-state index >= 15 is 0 Å². The Morgan fingerprint density at radius 2 is 1.86 bits per heavy atom. The number of fused-ring (bicyclic) bond motifs is 1. The van der Waals surface area contributed by atoms with E-state index < -0.39 is 0 Å². The van der Waals surface area contributed by atoms with Crippen LogP contribution in [0.1, 0.15) is 0 Å². The lowest BCUT2D eigenvalue weighted by molar-refractivity contribution is 0.486. The molecule has 0 aliphatic carbocycles. The minimum absolute atomic E-state index is 0.442. The van der Waals surface area contributed by atoms with Crippen LogP contribution >= 0.6 is 39.1 Å². The number of anilines is 1. The van der Waals surface area contributed by atoms with Crippen LogP contribution in [-0.4, -0.2) is 4.98 Å². The molecule has 0 saturated carbocycles. The van der Waals surface area contributed by atoms with Crippen molar-refractivity contribution >= 4 is 55.7 Å². The van der Waals surface area contributed by atoms with Gasteiger partial charge in [0, 0.05) is 22.1 Å². The third-order valence-electron chi connectivity index (χ3n) is 2.98. The van der Waals surface area contributed by atoms with Gasteiger partial charge in [0.1, 0.15) is 5.75 Å². The summed E-state index contributed by atoms with van der Waals surface area (Å²) < 4.78 is 6.50. The average molecular weight is 384 g/mol. The number of aromatic nitrogens is 1. The number of rotatable bonds is 2. The number of ether oxygens (including phenoxy) is 1. The Morgan fingerprint density at radius 1 is 1.05 bits per heavy atom. The van der Waals surface area contributed by atoms with Gasteiger partial charge in [0.25, 0.3) is 0 Å². The fourth-order valence-corrected chi connectivity index (χ4v) is 2.78. The van der Waals surface area contributed by atoms with Gasteiger partial charge in [0.15, 0.2) is 5.75 Å². The number of hydrogen-bond acceptors (Lipinski definition) is 3. The molecule has 2 N–H and O–H groups in total. The van der Waals surface area contributed by atoms with Crippen molar-refractivity contribution in [2.45, 2.75) is 0 Å². The Balaban J connectivity index is 2.06. The molecular weight excluding hydrogens is 375 g/mol. The Labute approximate surface area is 139 Å². The van der Waals surface area contributed by atoms with Gasteiger partial charge in [0.05, 0.1) is 21.2 Å². The lowest BCUT2D eigenvalue weighted by Gasteiger charge is -2.12. The van der Waals surface area contributed by atoms with Crippen molar-refractivity contribution in [3.8, 4) is 11.5 Å². The monoisotopic (exact) mass is 382 g/mol. The number of nitrogens with zero attached hydrogens (tertiary/aromatic N) is 1. The second kappa shape index (κ2) is 5.72. The van der Waals surface area contributed by atoms with Gasteiger partial charge in [-0.2, -0.15) is 0 Å². The summed E-state index contributed by atoms with van der Waals surface area (Å²) in [4.78, 5) is 4.24. The number of benzene rings is 2. The highest BCUT2D eigenvalue weighted by Gasteiger charge is 2.11. The van der Waals surface area contributed by atoms with Crippen LogP contribution < -0.4 is 10.5 Å². The van der Waals surface area contributed by atoms with Crippen molar-refractivity contribution in [2.24, 2.45) is 0 Å². The standard InChI is InChI=1S/C15H9BrCl2N2O/c16-9-6-11(18)14(7-10(9)17)21-13-4-3-12-8(15(13)19)2-1-5-20-12/h1-7H,19H2. The zero-order valence-electron chi connectivity index (χ0n) is 10.6. The van der Waals surface area contributed by atoms with E-state index in [2.05, 4.69) is 20.9 Å². The van der Waals surface area contributed by atoms with Crippen molar-refractivity contribution in [3.63, 3.8) is 0 Å². The molecular formula is C15H9BrCl2N2O. The van der Waals surface area contributed by atoms with Crippen LogP contribution in [0.25, 0.3) is 10.9 Å². The van der Waals surface area contributed by atoms with Gasteiger partial charge in [-0.05, 0) is 46.3 Å². The number of nitrogen functional groups attached to an aromatic ring is 1. The predicted octanol–water partition coefficient (Wildman–Crippen LogP) is 5.68. The van der Waals surface area contributed by atoms with Crippen LogP contribution in [-0.2, 0) is 0 Å². The molecule has 0 unspecified atom stereocenters. The number of hydrogen-bond donors (Lipinski definition) is 1. The van der Waals surface area contributed by atoms with Crippen molar-refractivity contribution in [3.05, 3.63) is 57.1 Å². The van der Waals surface area contributed by atoms with E-state index in [4.69, 9.17) is 33.7 Å². The first kappa shape index (κ1) is 14.4. The Morgan fingerprint density at radius 3 is 2.67 bits per heavy atom. The summed E-state index contributed by atoms with van der Waals surface area (Å²) in [6.45, 7) is 0. The molecule has 0 saturated heterocycles. The molecule has 0 spiro atoms. The molecule has 1 heterocycles. The summed E-state index contributed by atoms with van der Waals surface area (Å²) >= 11 is 15.5. The normalized spacial score (nSPS) is 10.8. The van der Waals surface area contributed by atoms with E-state index in [1.54, 1.807) is 24.4 Å². The molecule has 1 aromatic heterocycles. The van der Waals surface area contributed by atoms with E-state index in [1.807, 2.05) is 18.2 Å². The second-order valence-electron chi connectivity index (χ2n) is 4.35. The van der Waals surface area contributed by atoms with Gasteiger partial charge in [-0.1, -0.05) is 23.2 Å². The van der Waals surface area contributed by atoms with E-state index in [9.17, 15) is 0 Å². The first-order chi connectivity index (χ1) is 10.1. The Hall–Kier alpha value is -1.49. The molecule has 0 radical (unpaired) electrons. The molecule has 0 atom stereocenters. The van der Waals surface area contributed by atoms with E-state index in [0.29, 0.717) is 31.7 Å². The first-order valence-electron chi connectivity index (χ1n) is 6.02. The molecule has 0 aliphatic heterocycles. The molecule has 2 aromatic carbocycles. The van der Waals surface area contributed by atoms with Crippen molar-refractivity contribution in [1.29, 1.82) is 0 Å². The summed E-state index contributed by atoms with van der Waals surface area (Å²) in [5, 5.41) is 1.78. The van der Waals surface area contributed by atoms with Gasteiger partial charge >= 0.3 is 0 Å². The average Bonchev–Trinajstić information content (AvgIpc) is 2.48. The smallest absolute Gasteiger partial charge is 0.151 e. The molecule has 0 aliphatic rings. The van der Waals surface area contributed by atoms with E-state index in [0.717, 1.165) is 10.9 Å². The summed E-state index contributed by atoms with van der Waals surface area (Å²) in [6.07, 6.45) is 1.72. The highest BCUT2D eigenvalue weighted by atomic mass is 79.9. The van der Waals surface area contributed by atoms with Crippen molar-refractivity contribution in [2.75, 3.05) is 5.73 Å². The quantitative estimate of drug-likeness (QED) is 0.457. The third-order valence-corrected chi connectivity index (χ3v) is 4.47. The lowest BCUT2D eigenvalue weighted by Crippen LogP contribution is -1.95. The fraction of sp³-hybridized carbons (Fsp3) is 0. The van der Waals surface area contributed by atoms with Gasteiger partial charge in [0.2, 0.25) is 0 Å². The van der Waals surface area contributed by atoms with E-state index in [-0.39, 0.29) is 0 Å². The molecule has 0 fully saturated rings. The summed E-state index contributed by atoms with van der Waals surface area (Å²) in [6, 6.07) is 10.6. The van der Waals surface area contributed by atoms with E-state index in [1.165, 1.54) is 0 Å². The van der Waals surface area contributed by atoms with Crippen LogP contribution in [0, 0.1) is 0 Å². The van der Waals surface area contributed by atoms with Gasteiger partial charge in [-0.25, -0.2) is 0 Å². The highest BCUT2D eigenvalue weighted by molar-refractivity contribution is 9.10. The van der Waals surface area contributed by atoms with Crippen LogP contribution in [0.2, 0.25) is 10.0 Å². The second-order valence-corrected chi connectivity index (χ2v) is 6.02. The maximum Gasteiger partial charge on any atom is 0.151 e. The van der Waals surface area contributed by atoms with Crippen molar-refractivity contribution in [1.82, 2.24) is 4.98 Å². The zero-order valence-corrected chi connectivity index (χ0v) is 13.7. The minimum Gasteiger partial charge on any atom is -0.454 e. The van der Waals surface area contributed by atoms with Crippen LogP contribution in [0.15, 0.2) is 47.1 Å². The minimum atomic E-state index is 0.442. The third kappa shape index (κ3) is 2.79. The fourth-order valence-electron chi connectivity index (χ4n) is 1.95. The van der Waals surface area contributed by atoms with Crippen LogP contribution in [0.5, 0.6) is 11.5 Å². The topological polar surface area (TPSA) is 48.1 Å². The molecule has 3 aromatic rings. The maximum atomic E-state index is 6.16. The van der Waals surface area contributed by atoms with Crippen LogP contribution in [0.3, 0.4) is 0 Å². The maximum absolute atomic E-state index is 6.16. The molecule has 6 heteroatoms. The zero-order chi connectivity index (χ0) is 15.0. The lowest BCUT2D eigenvalue weighted by atomic mass is 10.1. The van der Waals surface area contributed by atoms with Gasteiger partial charge < -0.3 is 10.5 Å². The largest absolute Gasteiger partial charge is 0.454 e. The molecule has 3 nitrogen and oxygen atoms in total. The van der Waals surface area contributed by atoms with Gasteiger partial charge in [-0.15, -0.1) is 0 Å². The molecule has 0 bridgehead atoms. The number of pyridine rings is 1. The summed E-state index contributed by atoms with van der Waals surface area (Å²) in [7, 11) is 0.